The number of carbonyl (C=O) groups is 2. The van der Waals surface area contributed by atoms with Crippen LogP contribution in [0.5, 0.6) is 11.5 Å². The number of nitrogens with zero attached hydrogens (tertiary/aromatic N) is 6. The second-order valence-corrected chi connectivity index (χ2v) is 21.0. The van der Waals surface area contributed by atoms with Crippen molar-refractivity contribution in [3.8, 4) is 11.5 Å². The van der Waals surface area contributed by atoms with Crippen LogP contribution in [0.4, 0.5) is 22.7 Å². The van der Waals surface area contributed by atoms with Gasteiger partial charge >= 0.3 is 0 Å². The van der Waals surface area contributed by atoms with E-state index in [4.69, 9.17) is 19.7 Å². The zero-order chi connectivity index (χ0) is 46.2. The van der Waals surface area contributed by atoms with E-state index in [1.807, 2.05) is 220 Å². The van der Waals surface area contributed by atoms with Crippen molar-refractivity contribution in [1.82, 2.24) is 0 Å². The molecule has 0 radical (unpaired) electrons. The Kier molecular flexibility index (Phi) is 11.6. The highest BCUT2D eigenvalue weighted by atomic mass is 32.2. The molecule has 2 spiro atoms. The van der Waals surface area contributed by atoms with E-state index in [2.05, 4.69) is 6.07 Å². The number of ether oxygens (including phenoxy) is 2. The van der Waals surface area contributed by atoms with E-state index in [1.54, 1.807) is 14.2 Å². The zero-order valence-corrected chi connectivity index (χ0v) is 39.8. The SMILES string of the molecule is COc1ccc(/C=C2\SC3(SC(c4cccc(C5=NN(c6ccccc6)C6(S5)S/C(=C/c5ccc(OC)cc5)C(=O)N6c5ccccc5)c4)=NN3c3ccccc3)N(c3ccccc3)C2=O)cc1. The van der Waals surface area contributed by atoms with Gasteiger partial charge in [0, 0.05) is 22.5 Å². The van der Waals surface area contributed by atoms with E-state index in [0.717, 1.165) is 66.6 Å². The normalized spacial score (nSPS) is 21.1. The van der Waals surface area contributed by atoms with Crippen LogP contribution >= 0.6 is 47.0 Å². The highest BCUT2D eigenvalue weighted by molar-refractivity contribution is 8.29. The number of hydrogen-bond acceptors (Lipinski definition) is 12. The number of thioether (sulfide) groups is 4. The summed E-state index contributed by atoms with van der Waals surface area (Å²) in [6.45, 7) is 0. The Balaban J connectivity index is 1.00. The van der Waals surface area contributed by atoms with Crippen LogP contribution in [0.3, 0.4) is 0 Å². The fraction of sp³-hybridized carbons (Fsp3) is 0.0741. The molecule has 0 aliphatic carbocycles. The molecule has 2 atom stereocenters. The van der Waals surface area contributed by atoms with Crippen LogP contribution in [0.15, 0.2) is 214 Å². The first-order chi connectivity index (χ1) is 33.4. The lowest BCUT2D eigenvalue weighted by atomic mass is 10.1. The van der Waals surface area contributed by atoms with Gasteiger partial charge in [-0.05, 0) is 126 Å². The summed E-state index contributed by atoms with van der Waals surface area (Å²) in [5.74, 6) is 1.21. The molecule has 7 aromatic rings. The van der Waals surface area contributed by atoms with Gasteiger partial charge in [-0.3, -0.25) is 19.4 Å². The van der Waals surface area contributed by atoms with Gasteiger partial charge < -0.3 is 9.47 Å². The Hall–Kier alpha value is -7.10. The summed E-state index contributed by atoms with van der Waals surface area (Å²) in [6, 6.07) is 63.1. The van der Waals surface area contributed by atoms with Crippen molar-refractivity contribution in [3.63, 3.8) is 0 Å². The minimum atomic E-state index is -1.07. The highest BCUT2D eigenvalue weighted by Gasteiger charge is 2.61. The van der Waals surface area contributed by atoms with E-state index in [1.165, 1.54) is 47.0 Å². The molecule has 0 bridgehead atoms. The number of hydrazone groups is 2. The third-order valence-electron chi connectivity index (χ3n) is 11.5. The van der Waals surface area contributed by atoms with Gasteiger partial charge in [0.2, 0.25) is 8.65 Å². The number of para-hydroxylation sites is 4. The minimum absolute atomic E-state index is 0.134. The Labute approximate surface area is 411 Å². The first-order valence-electron chi connectivity index (χ1n) is 21.6. The van der Waals surface area contributed by atoms with Crippen LogP contribution in [0.25, 0.3) is 12.2 Å². The minimum Gasteiger partial charge on any atom is -0.497 e. The quantitative estimate of drug-likeness (QED) is 0.123. The highest BCUT2D eigenvalue weighted by Crippen LogP contribution is 2.61. The Morgan fingerprint density at radius 3 is 1.13 bits per heavy atom. The third-order valence-corrected chi connectivity index (χ3v) is 17.0. The Bertz CT molecular complexity index is 2950. The van der Waals surface area contributed by atoms with Crippen LogP contribution in [-0.2, 0) is 9.59 Å². The maximum Gasteiger partial charge on any atom is 0.268 e. The van der Waals surface area contributed by atoms with Crippen molar-refractivity contribution in [2.45, 2.75) is 8.65 Å². The number of carbonyl (C=O) groups excluding carboxylic acids is 2. The van der Waals surface area contributed by atoms with E-state index in [-0.39, 0.29) is 11.8 Å². The van der Waals surface area contributed by atoms with E-state index >= 15 is 0 Å². The largest absolute Gasteiger partial charge is 0.497 e. The van der Waals surface area contributed by atoms with Gasteiger partial charge in [0.25, 0.3) is 11.8 Å². The summed E-state index contributed by atoms with van der Waals surface area (Å²) in [4.78, 5) is 34.6. The van der Waals surface area contributed by atoms with Crippen molar-refractivity contribution < 1.29 is 19.1 Å². The molecule has 4 aliphatic rings. The van der Waals surface area contributed by atoms with Crippen LogP contribution in [-0.4, -0.2) is 44.8 Å². The number of benzene rings is 7. The maximum atomic E-state index is 14.9. The maximum absolute atomic E-state index is 14.9. The molecule has 2 saturated heterocycles. The van der Waals surface area contributed by atoms with Gasteiger partial charge in [-0.25, -0.2) is 10.0 Å². The predicted molar refractivity (Wildman–Crippen MR) is 283 cm³/mol. The lowest BCUT2D eigenvalue weighted by Crippen LogP contribution is -2.51. The molecular formula is C54H40N6O4S4. The van der Waals surface area contributed by atoms with E-state index in [0.29, 0.717) is 9.81 Å². The Morgan fingerprint density at radius 2 is 0.779 bits per heavy atom. The second kappa shape index (κ2) is 18.2. The molecule has 14 heteroatoms. The molecule has 11 rings (SSSR count). The van der Waals surface area contributed by atoms with Gasteiger partial charge in [-0.2, -0.15) is 10.2 Å². The third kappa shape index (κ3) is 7.82. The van der Waals surface area contributed by atoms with Gasteiger partial charge in [-0.1, -0.05) is 139 Å². The van der Waals surface area contributed by atoms with Crippen LogP contribution in [0.2, 0.25) is 0 Å². The summed E-state index contributed by atoms with van der Waals surface area (Å²) in [5.41, 5.74) is 6.61. The number of rotatable bonds is 10. The van der Waals surface area contributed by atoms with Crippen molar-refractivity contribution in [3.05, 3.63) is 226 Å². The van der Waals surface area contributed by atoms with E-state index in [9.17, 15) is 9.59 Å². The van der Waals surface area contributed by atoms with Crippen molar-refractivity contribution in [2.24, 2.45) is 10.2 Å². The summed E-state index contributed by atoms with van der Waals surface area (Å²) >= 11 is 6.00. The lowest BCUT2D eigenvalue weighted by Gasteiger charge is -2.38. The standard InChI is InChI=1S/C54H40N6O4S4/c1-63-45-30-26-37(27-31-45)34-47-51(61)57(41-18-7-3-8-19-41)53(65-47)59(43-22-11-5-12-23-43)55-49(67-53)39-16-15-17-40(36-39)50-56-60(44-24-13-6-14-25-44)54(68-50)58(42-20-9-4-10-21-42)52(62)48(66-54)35-38-28-32-46(64-2)33-29-38/h3-36H,1-2H3/b47-34-,48-35+. The summed E-state index contributed by atoms with van der Waals surface area (Å²) in [6.07, 6.45) is 3.87. The predicted octanol–water partition coefficient (Wildman–Crippen LogP) is 12.4. The molecule has 2 amide bonds. The number of hydrogen-bond donors (Lipinski definition) is 0. The molecular weight excluding hydrogens is 925 g/mol. The number of amides is 2. The average molecular weight is 965 g/mol. The summed E-state index contributed by atoms with van der Waals surface area (Å²) in [7, 11) is 3.28. The molecule has 2 fully saturated rings. The van der Waals surface area contributed by atoms with Gasteiger partial charge in [0.15, 0.2) is 0 Å². The van der Waals surface area contributed by atoms with Gasteiger partial charge in [0.1, 0.15) is 21.6 Å². The smallest absolute Gasteiger partial charge is 0.268 e. The van der Waals surface area contributed by atoms with Crippen LogP contribution in [0.1, 0.15) is 22.3 Å². The van der Waals surface area contributed by atoms with E-state index < -0.39 is 8.65 Å². The number of methoxy groups -OCH3 is 2. The number of anilines is 4. The topological polar surface area (TPSA) is 90.3 Å². The van der Waals surface area contributed by atoms with Crippen molar-refractivity contribution in [2.75, 3.05) is 34.0 Å². The van der Waals surface area contributed by atoms with Crippen LogP contribution in [0, 0.1) is 0 Å². The molecule has 0 saturated carbocycles. The molecule has 68 heavy (non-hydrogen) atoms. The summed E-state index contributed by atoms with van der Waals surface area (Å²) in [5, 5.41) is 16.2. The molecule has 10 nitrogen and oxygen atoms in total. The zero-order valence-electron chi connectivity index (χ0n) is 36.6. The summed E-state index contributed by atoms with van der Waals surface area (Å²) < 4.78 is 8.70. The van der Waals surface area contributed by atoms with Crippen molar-refractivity contribution >= 4 is 104 Å². The average Bonchev–Trinajstić information content (AvgIpc) is 4.12. The molecule has 4 heterocycles. The molecule has 7 aromatic carbocycles. The van der Waals surface area contributed by atoms with Crippen molar-refractivity contribution in [1.29, 1.82) is 0 Å². The first kappa shape index (κ1) is 43.5. The lowest BCUT2D eigenvalue weighted by molar-refractivity contribution is -0.115. The Morgan fingerprint density at radius 1 is 0.426 bits per heavy atom. The molecule has 334 valence electrons. The van der Waals surface area contributed by atoms with Gasteiger partial charge in [-0.15, -0.1) is 0 Å². The molecule has 2 unspecified atom stereocenters. The van der Waals surface area contributed by atoms with Crippen LogP contribution < -0.4 is 29.3 Å². The molecule has 0 N–H and O–H groups in total. The fourth-order valence-electron chi connectivity index (χ4n) is 8.24. The second-order valence-electron chi connectivity index (χ2n) is 15.7. The monoisotopic (exact) mass is 964 g/mol. The molecule has 4 aliphatic heterocycles. The molecule has 0 aromatic heterocycles. The fourth-order valence-corrected chi connectivity index (χ4v) is 14.2. The van der Waals surface area contributed by atoms with Gasteiger partial charge in [0.05, 0.1) is 35.4 Å². The first-order valence-corrected chi connectivity index (χ1v) is 24.9.